The summed E-state index contributed by atoms with van der Waals surface area (Å²) in [6.07, 6.45) is 14.2. The van der Waals surface area contributed by atoms with Crippen LogP contribution in [0.1, 0.15) is 95.5 Å². The standard InChI is InChI=1S/C23H39O4P/c1-2-3-6-9-20-10-12-21(13-11-20)22-14-16-23(17-15-22)27-18-7-4-5-8-19-28(24,25)26/h14-17,20-21H,2-13,18-19H2,1H3,(H2,24,25,26). The number of ether oxygens (including phenoxy) is 1. The molecule has 0 saturated heterocycles. The van der Waals surface area contributed by atoms with Gasteiger partial charge in [-0.1, -0.05) is 57.6 Å². The van der Waals surface area contributed by atoms with E-state index in [1.165, 1.54) is 56.9 Å². The Morgan fingerprint density at radius 3 is 2.25 bits per heavy atom. The number of unbranched alkanes of at least 4 members (excludes halogenated alkanes) is 5. The highest BCUT2D eigenvalue weighted by atomic mass is 31.2. The fourth-order valence-corrected chi connectivity index (χ4v) is 4.90. The maximum atomic E-state index is 10.8. The average molecular weight is 411 g/mol. The summed E-state index contributed by atoms with van der Waals surface area (Å²) in [7, 11) is -3.83. The third kappa shape index (κ3) is 9.58. The Kier molecular flexibility index (Phi) is 10.6. The van der Waals surface area contributed by atoms with E-state index in [0.29, 0.717) is 18.9 Å². The van der Waals surface area contributed by atoms with Crippen LogP contribution in [0.15, 0.2) is 24.3 Å². The SMILES string of the molecule is CCCCCC1CCC(c2ccc(OCCCCCCP(=O)(O)O)cc2)CC1. The second kappa shape index (κ2) is 12.7. The van der Waals surface area contributed by atoms with E-state index in [4.69, 9.17) is 14.5 Å². The van der Waals surface area contributed by atoms with Gasteiger partial charge >= 0.3 is 7.60 Å². The predicted octanol–water partition coefficient (Wildman–Crippen LogP) is 6.66. The fourth-order valence-electron chi connectivity index (χ4n) is 4.27. The molecular weight excluding hydrogens is 371 g/mol. The van der Waals surface area contributed by atoms with Crippen LogP contribution in [-0.4, -0.2) is 22.6 Å². The van der Waals surface area contributed by atoms with Crippen LogP contribution < -0.4 is 4.74 Å². The molecule has 0 radical (unpaired) electrons. The van der Waals surface area contributed by atoms with Crippen LogP contribution in [-0.2, 0) is 4.57 Å². The van der Waals surface area contributed by atoms with Crippen molar-refractivity contribution in [2.24, 2.45) is 5.92 Å². The fraction of sp³-hybridized carbons (Fsp3) is 0.739. The maximum absolute atomic E-state index is 10.8. The highest BCUT2D eigenvalue weighted by molar-refractivity contribution is 7.51. The molecule has 1 saturated carbocycles. The summed E-state index contributed by atoms with van der Waals surface area (Å²) in [6, 6.07) is 8.65. The Morgan fingerprint density at radius 2 is 1.61 bits per heavy atom. The zero-order chi connectivity index (χ0) is 20.2. The van der Waals surface area contributed by atoms with Crippen LogP contribution in [0.5, 0.6) is 5.75 Å². The van der Waals surface area contributed by atoms with E-state index < -0.39 is 7.60 Å². The van der Waals surface area contributed by atoms with Gasteiger partial charge in [-0.3, -0.25) is 4.57 Å². The van der Waals surface area contributed by atoms with Gasteiger partial charge < -0.3 is 14.5 Å². The molecule has 0 amide bonds. The van der Waals surface area contributed by atoms with Crippen molar-refractivity contribution >= 4 is 7.60 Å². The third-order valence-corrected chi connectivity index (χ3v) is 6.93. The molecular formula is C23H39O4P. The van der Waals surface area contributed by atoms with Crippen molar-refractivity contribution in [3.8, 4) is 5.75 Å². The molecule has 2 N–H and O–H groups in total. The summed E-state index contributed by atoms with van der Waals surface area (Å²) in [5.41, 5.74) is 1.46. The van der Waals surface area contributed by atoms with Crippen LogP contribution >= 0.6 is 7.60 Å². The lowest BCUT2D eigenvalue weighted by atomic mass is 9.77. The molecule has 4 nitrogen and oxygen atoms in total. The van der Waals surface area contributed by atoms with Crippen molar-refractivity contribution in [2.75, 3.05) is 12.8 Å². The minimum atomic E-state index is -3.83. The van der Waals surface area contributed by atoms with Crippen LogP contribution in [0, 0.1) is 5.92 Å². The van der Waals surface area contributed by atoms with E-state index in [2.05, 4.69) is 31.2 Å². The monoisotopic (exact) mass is 410 g/mol. The Labute approximate surface area is 171 Å². The molecule has 28 heavy (non-hydrogen) atoms. The van der Waals surface area contributed by atoms with Gasteiger partial charge in [-0.05, 0) is 68.1 Å². The van der Waals surface area contributed by atoms with E-state index in [-0.39, 0.29) is 6.16 Å². The molecule has 0 unspecified atom stereocenters. The molecule has 2 rings (SSSR count). The van der Waals surface area contributed by atoms with Crippen molar-refractivity contribution in [3.05, 3.63) is 29.8 Å². The van der Waals surface area contributed by atoms with Crippen LogP contribution in [0.4, 0.5) is 0 Å². The normalized spacial score (nSPS) is 20.2. The lowest BCUT2D eigenvalue weighted by Crippen LogP contribution is -2.13. The minimum Gasteiger partial charge on any atom is -0.494 e. The molecule has 5 heteroatoms. The minimum absolute atomic E-state index is 0.00400. The first-order valence-electron chi connectivity index (χ1n) is 11.2. The Balaban J connectivity index is 1.60. The molecule has 0 atom stereocenters. The largest absolute Gasteiger partial charge is 0.494 e. The number of benzene rings is 1. The van der Waals surface area contributed by atoms with Crippen LogP contribution in [0.3, 0.4) is 0 Å². The van der Waals surface area contributed by atoms with Gasteiger partial charge in [-0.2, -0.15) is 0 Å². The van der Waals surface area contributed by atoms with Gasteiger partial charge in [-0.15, -0.1) is 0 Å². The van der Waals surface area contributed by atoms with Gasteiger partial charge in [0.25, 0.3) is 0 Å². The molecule has 0 spiro atoms. The van der Waals surface area contributed by atoms with Crippen LogP contribution in [0.25, 0.3) is 0 Å². The van der Waals surface area contributed by atoms with Gasteiger partial charge in [0, 0.05) is 6.16 Å². The van der Waals surface area contributed by atoms with E-state index in [1.54, 1.807) is 0 Å². The first-order chi connectivity index (χ1) is 13.5. The second-order valence-corrected chi connectivity index (χ2v) is 10.2. The zero-order valence-corrected chi connectivity index (χ0v) is 18.4. The molecule has 0 aliphatic heterocycles. The number of rotatable bonds is 13. The Morgan fingerprint density at radius 1 is 0.929 bits per heavy atom. The second-order valence-electron chi connectivity index (χ2n) is 8.43. The summed E-state index contributed by atoms with van der Waals surface area (Å²) >= 11 is 0. The summed E-state index contributed by atoms with van der Waals surface area (Å²) < 4.78 is 16.6. The molecule has 1 aliphatic rings. The van der Waals surface area contributed by atoms with Crippen molar-refractivity contribution < 1.29 is 19.1 Å². The van der Waals surface area contributed by atoms with Crippen LogP contribution in [0.2, 0.25) is 0 Å². The summed E-state index contributed by atoms with van der Waals surface area (Å²) in [5, 5.41) is 0. The lowest BCUT2D eigenvalue weighted by molar-refractivity contribution is 0.299. The predicted molar refractivity (Wildman–Crippen MR) is 116 cm³/mol. The van der Waals surface area contributed by atoms with Gasteiger partial charge in [-0.25, -0.2) is 0 Å². The molecule has 1 aliphatic carbocycles. The van der Waals surface area contributed by atoms with E-state index in [0.717, 1.165) is 30.9 Å². The summed E-state index contributed by atoms with van der Waals surface area (Å²) in [5.74, 6) is 2.59. The zero-order valence-electron chi connectivity index (χ0n) is 17.5. The van der Waals surface area contributed by atoms with Crippen molar-refractivity contribution in [1.29, 1.82) is 0 Å². The Hall–Kier alpha value is -0.830. The van der Waals surface area contributed by atoms with Gasteiger partial charge in [0.05, 0.1) is 6.61 Å². The first-order valence-corrected chi connectivity index (χ1v) is 13.0. The lowest BCUT2D eigenvalue weighted by Gasteiger charge is -2.29. The van der Waals surface area contributed by atoms with E-state index in [1.807, 2.05) is 0 Å². The average Bonchev–Trinajstić information content (AvgIpc) is 2.68. The quantitative estimate of drug-likeness (QED) is 0.282. The smallest absolute Gasteiger partial charge is 0.325 e. The molecule has 0 aromatic heterocycles. The molecule has 0 bridgehead atoms. The maximum Gasteiger partial charge on any atom is 0.325 e. The summed E-state index contributed by atoms with van der Waals surface area (Å²) in [4.78, 5) is 17.7. The molecule has 0 heterocycles. The highest BCUT2D eigenvalue weighted by Gasteiger charge is 2.22. The van der Waals surface area contributed by atoms with Crippen molar-refractivity contribution in [1.82, 2.24) is 0 Å². The molecule has 1 aromatic carbocycles. The van der Waals surface area contributed by atoms with Gasteiger partial charge in [0.1, 0.15) is 5.75 Å². The van der Waals surface area contributed by atoms with E-state index >= 15 is 0 Å². The highest BCUT2D eigenvalue weighted by Crippen LogP contribution is 2.38. The van der Waals surface area contributed by atoms with Crippen molar-refractivity contribution in [2.45, 2.75) is 89.9 Å². The van der Waals surface area contributed by atoms with Crippen molar-refractivity contribution in [3.63, 3.8) is 0 Å². The number of hydrogen-bond donors (Lipinski definition) is 2. The summed E-state index contributed by atoms with van der Waals surface area (Å²) in [6.45, 7) is 2.94. The first kappa shape index (κ1) is 23.4. The van der Waals surface area contributed by atoms with Gasteiger partial charge in [0.15, 0.2) is 0 Å². The Bertz CT molecular complexity index is 573. The third-order valence-electron chi connectivity index (χ3n) is 6.03. The molecule has 160 valence electrons. The molecule has 1 aromatic rings. The molecule has 1 fully saturated rings. The van der Waals surface area contributed by atoms with E-state index in [9.17, 15) is 4.57 Å². The number of hydrogen-bond acceptors (Lipinski definition) is 2. The van der Waals surface area contributed by atoms with Gasteiger partial charge in [0.2, 0.25) is 0 Å². The topological polar surface area (TPSA) is 66.8 Å².